The highest BCUT2D eigenvalue weighted by Gasteiger charge is 2.22. The van der Waals surface area contributed by atoms with Crippen LogP contribution in [0.4, 0.5) is 0 Å². The van der Waals surface area contributed by atoms with Gasteiger partial charge in [0.2, 0.25) is 12.6 Å². The maximum atomic E-state index is 12.4. The Kier molecular flexibility index (Phi) is 5.07. The molecule has 1 atom stereocenters. The molecule has 3 aromatic rings. The summed E-state index contributed by atoms with van der Waals surface area (Å²) in [6.45, 7) is 3.31. The van der Waals surface area contributed by atoms with Crippen molar-refractivity contribution in [3.8, 4) is 11.5 Å². The molecule has 0 aliphatic carbocycles. The van der Waals surface area contributed by atoms with Crippen LogP contribution in [0.15, 0.2) is 40.8 Å². The standard InChI is InChI=1S/C21H18ClNO6/c1-11-14-4-3-5-15(22)20(14)29-19(11)21(25)26-9-18(24)23-12(2)13-6-7-16-17(8-13)28-10-27-16/h3-8,12H,9-10H2,1-2H3,(H,23,24)/t12-/m0/s1. The lowest BCUT2D eigenvalue weighted by molar-refractivity contribution is -0.124. The molecule has 0 saturated heterocycles. The van der Waals surface area contributed by atoms with Crippen molar-refractivity contribution < 1.29 is 28.2 Å². The summed E-state index contributed by atoms with van der Waals surface area (Å²) < 4.78 is 21.3. The highest BCUT2D eigenvalue weighted by Crippen LogP contribution is 2.34. The maximum absolute atomic E-state index is 12.4. The summed E-state index contributed by atoms with van der Waals surface area (Å²) in [6, 6.07) is 10.4. The molecule has 29 heavy (non-hydrogen) atoms. The van der Waals surface area contributed by atoms with Gasteiger partial charge in [0.15, 0.2) is 23.7 Å². The molecule has 150 valence electrons. The number of ether oxygens (including phenoxy) is 3. The molecule has 1 N–H and O–H groups in total. The number of carbonyl (C=O) groups is 2. The lowest BCUT2D eigenvalue weighted by Gasteiger charge is -2.14. The fourth-order valence-corrected chi connectivity index (χ4v) is 3.36. The quantitative estimate of drug-likeness (QED) is 0.630. The van der Waals surface area contributed by atoms with Crippen molar-refractivity contribution >= 4 is 34.4 Å². The summed E-state index contributed by atoms with van der Waals surface area (Å²) in [5.41, 5.74) is 1.87. The molecule has 0 bridgehead atoms. The Labute approximate surface area is 171 Å². The Morgan fingerprint density at radius 1 is 1.21 bits per heavy atom. The van der Waals surface area contributed by atoms with Crippen LogP contribution < -0.4 is 14.8 Å². The molecular formula is C21H18ClNO6. The zero-order valence-electron chi connectivity index (χ0n) is 15.8. The van der Waals surface area contributed by atoms with Crippen LogP contribution in [0.1, 0.15) is 34.6 Å². The largest absolute Gasteiger partial charge is 0.454 e. The summed E-state index contributed by atoms with van der Waals surface area (Å²) in [5.74, 6) is 0.178. The van der Waals surface area contributed by atoms with E-state index in [4.69, 9.17) is 30.2 Å². The minimum Gasteiger partial charge on any atom is -0.454 e. The first kappa shape index (κ1) is 19.1. The second kappa shape index (κ2) is 7.67. The Bertz CT molecular complexity index is 1110. The van der Waals surface area contributed by atoms with Gasteiger partial charge in [-0.25, -0.2) is 4.79 Å². The second-order valence-corrected chi connectivity index (χ2v) is 7.06. The van der Waals surface area contributed by atoms with E-state index in [2.05, 4.69) is 5.32 Å². The van der Waals surface area contributed by atoms with Crippen LogP contribution >= 0.6 is 11.6 Å². The van der Waals surface area contributed by atoms with Crippen molar-refractivity contribution in [1.29, 1.82) is 0 Å². The Balaban J connectivity index is 1.37. The number of hydrogen-bond acceptors (Lipinski definition) is 6. The van der Waals surface area contributed by atoms with E-state index in [0.29, 0.717) is 27.7 Å². The molecule has 1 aromatic heterocycles. The normalized spacial score (nSPS) is 13.3. The van der Waals surface area contributed by atoms with Crippen LogP contribution in [0.5, 0.6) is 11.5 Å². The number of benzene rings is 2. The van der Waals surface area contributed by atoms with Crippen molar-refractivity contribution in [2.45, 2.75) is 19.9 Å². The summed E-state index contributed by atoms with van der Waals surface area (Å²) in [4.78, 5) is 24.6. The highest BCUT2D eigenvalue weighted by atomic mass is 35.5. The van der Waals surface area contributed by atoms with Gasteiger partial charge in [-0.05, 0) is 37.6 Å². The number of rotatable bonds is 5. The SMILES string of the molecule is Cc1c(C(=O)OCC(=O)N[C@@H](C)c2ccc3c(c2)OCO3)oc2c(Cl)cccc12. The first-order chi connectivity index (χ1) is 13.9. The first-order valence-electron chi connectivity index (χ1n) is 8.97. The van der Waals surface area contributed by atoms with Crippen LogP contribution in [0.3, 0.4) is 0 Å². The fraction of sp³-hybridized carbons (Fsp3) is 0.238. The Hall–Kier alpha value is -3.19. The van der Waals surface area contributed by atoms with Crippen LogP contribution in [0.2, 0.25) is 5.02 Å². The lowest BCUT2D eigenvalue weighted by atomic mass is 10.1. The maximum Gasteiger partial charge on any atom is 0.375 e. The average molecular weight is 416 g/mol. The summed E-state index contributed by atoms with van der Waals surface area (Å²) in [5, 5.41) is 3.91. The predicted octanol–water partition coefficient (Wildman–Crippen LogP) is 4.16. The van der Waals surface area contributed by atoms with Gasteiger partial charge in [0.1, 0.15) is 0 Å². The molecule has 0 radical (unpaired) electrons. The van der Waals surface area contributed by atoms with Crippen LogP contribution in [-0.4, -0.2) is 25.3 Å². The highest BCUT2D eigenvalue weighted by molar-refractivity contribution is 6.35. The molecule has 2 aromatic carbocycles. The molecule has 1 aliphatic heterocycles. The Morgan fingerprint density at radius 3 is 2.79 bits per heavy atom. The minimum atomic E-state index is -0.722. The van der Waals surface area contributed by atoms with E-state index >= 15 is 0 Å². The lowest BCUT2D eigenvalue weighted by Crippen LogP contribution is -2.31. The average Bonchev–Trinajstić information content (AvgIpc) is 3.31. The summed E-state index contributed by atoms with van der Waals surface area (Å²) >= 11 is 6.10. The van der Waals surface area contributed by atoms with Gasteiger partial charge in [-0.3, -0.25) is 4.79 Å². The van der Waals surface area contributed by atoms with E-state index in [1.54, 1.807) is 37.3 Å². The number of hydrogen-bond donors (Lipinski definition) is 1. The van der Waals surface area contributed by atoms with E-state index in [1.807, 2.05) is 13.0 Å². The van der Waals surface area contributed by atoms with Gasteiger partial charge in [0, 0.05) is 10.9 Å². The molecule has 0 saturated carbocycles. The smallest absolute Gasteiger partial charge is 0.375 e. The monoisotopic (exact) mass is 415 g/mol. The van der Waals surface area contributed by atoms with Gasteiger partial charge < -0.3 is 23.9 Å². The number of amides is 1. The van der Waals surface area contributed by atoms with E-state index in [1.165, 1.54) is 0 Å². The van der Waals surface area contributed by atoms with Crippen molar-refractivity contribution in [1.82, 2.24) is 5.32 Å². The summed E-state index contributed by atoms with van der Waals surface area (Å²) in [7, 11) is 0. The third-order valence-corrected chi connectivity index (χ3v) is 5.01. The van der Waals surface area contributed by atoms with Gasteiger partial charge in [0.05, 0.1) is 11.1 Å². The molecule has 0 fully saturated rings. The zero-order valence-corrected chi connectivity index (χ0v) is 16.5. The van der Waals surface area contributed by atoms with Crippen molar-refractivity contribution in [3.63, 3.8) is 0 Å². The van der Waals surface area contributed by atoms with Gasteiger partial charge in [-0.15, -0.1) is 0 Å². The summed E-state index contributed by atoms with van der Waals surface area (Å²) in [6.07, 6.45) is 0. The number of nitrogens with one attached hydrogen (secondary N) is 1. The number of aryl methyl sites for hydroxylation is 1. The van der Waals surface area contributed by atoms with Crippen molar-refractivity contribution in [2.24, 2.45) is 0 Å². The molecule has 0 spiro atoms. The number of carbonyl (C=O) groups excluding carboxylic acids is 2. The van der Waals surface area contributed by atoms with Gasteiger partial charge in [0.25, 0.3) is 5.91 Å². The molecule has 8 heteroatoms. The first-order valence-corrected chi connectivity index (χ1v) is 9.35. The van der Waals surface area contributed by atoms with Crippen LogP contribution in [0, 0.1) is 6.92 Å². The molecule has 1 aliphatic rings. The molecule has 1 amide bonds. The third kappa shape index (κ3) is 3.73. The fourth-order valence-electron chi connectivity index (χ4n) is 3.15. The number of furan rings is 1. The Morgan fingerprint density at radius 2 is 2.00 bits per heavy atom. The topological polar surface area (TPSA) is 87.0 Å². The van der Waals surface area contributed by atoms with E-state index < -0.39 is 18.5 Å². The third-order valence-electron chi connectivity index (χ3n) is 4.71. The van der Waals surface area contributed by atoms with Crippen molar-refractivity contribution in [2.75, 3.05) is 13.4 Å². The number of fused-ring (bicyclic) bond motifs is 2. The minimum absolute atomic E-state index is 0.0321. The van der Waals surface area contributed by atoms with E-state index in [-0.39, 0.29) is 18.6 Å². The number of para-hydroxylation sites is 1. The van der Waals surface area contributed by atoms with Crippen molar-refractivity contribution in [3.05, 3.63) is 58.3 Å². The van der Waals surface area contributed by atoms with E-state index in [9.17, 15) is 9.59 Å². The molecule has 2 heterocycles. The predicted molar refractivity (Wildman–Crippen MR) is 105 cm³/mol. The van der Waals surface area contributed by atoms with Gasteiger partial charge in [-0.1, -0.05) is 29.8 Å². The number of halogens is 1. The van der Waals surface area contributed by atoms with Crippen LogP contribution in [0.25, 0.3) is 11.0 Å². The molecular weight excluding hydrogens is 398 g/mol. The zero-order chi connectivity index (χ0) is 20.5. The van der Waals surface area contributed by atoms with Crippen LogP contribution in [-0.2, 0) is 9.53 Å². The second-order valence-electron chi connectivity index (χ2n) is 6.65. The molecule has 7 nitrogen and oxygen atoms in total. The van der Waals surface area contributed by atoms with Gasteiger partial charge >= 0.3 is 5.97 Å². The number of esters is 1. The molecule has 0 unspecified atom stereocenters. The van der Waals surface area contributed by atoms with E-state index in [0.717, 1.165) is 10.9 Å². The van der Waals surface area contributed by atoms with Gasteiger partial charge in [-0.2, -0.15) is 0 Å². The molecule has 4 rings (SSSR count).